The van der Waals surface area contributed by atoms with Gasteiger partial charge in [0, 0.05) is 30.2 Å². The molecule has 0 aliphatic carbocycles. The lowest BCUT2D eigenvalue weighted by atomic mass is 10.1. The molecule has 0 spiro atoms. The maximum absolute atomic E-state index is 12.6. The van der Waals surface area contributed by atoms with Crippen molar-refractivity contribution in [2.75, 3.05) is 17.4 Å². The predicted octanol–water partition coefficient (Wildman–Crippen LogP) is 4.24. The largest absolute Gasteiger partial charge is 0.454 e. The van der Waals surface area contributed by atoms with Crippen LogP contribution in [0, 0.1) is 0 Å². The number of aromatic nitrogens is 1. The Morgan fingerprint density at radius 1 is 1.00 bits per heavy atom. The van der Waals surface area contributed by atoms with Crippen LogP contribution < -0.4 is 20.1 Å². The molecule has 1 unspecified atom stereocenters. The maximum Gasteiger partial charge on any atom is 0.257 e. The van der Waals surface area contributed by atoms with E-state index in [4.69, 9.17) is 9.47 Å². The molecule has 2 aromatic carbocycles. The van der Waals surface area contributed by atoms with E-state index >= 15 is 0 Å². The summed E-state index contributed by atoms with van der Waals surface area (Å²) in [7, 11) is 0. The summed E-state index contributed by atoms with van der Waals surface area (Å²) in [5, 5.41) is 6.23. The van der Waals surface area contributed by atoms with Crippen molar-refractivity contribution in [3.63, 3.8) is 0 Å². The van der Waals surface area contributed by atoms with Crippen LogP contribution in [0.1, 0.15) is 28.9 Å². The van der Waals surface area contributed by atoms with Gasteiger partial charge in [0.25, 0.3) is 5.91 Å². The van der Waals surface area contributed by atoms with Crippen molar-refractivity contribution >= 4 is 17.3 Å². The van der Waals surface area contributed by atoms with E-state index in [2.05, 4.69) is 34.7 Å². The maximum atomic E-state index is 12.6. The van der Waals surface area contributed by atoms with E-state index in [1.807, 2.05) is 18.2 Å². The van der Waals surface area contributed by atoms with Crippen molar-refractivity contribution in [2.24, 2.45) is 0 Å². The van der Waals surface area contributed by atoms with Crippen molar-refractivity contribution < 1.29 is 14.3 Å². The molecule has 0 saturated carbocycles. The molecule has 6 heteroatoms. The van der Waals surface area contributed by atoms with Gasteiger partial charge in [-0.2, -0.15) is 0 Å². The Morgan fingerprint density at radius 3 is 2.67 bits per heavy atom. The highest BCUT2D eigenvalue weighted by atomic mass is 16.7. The summed E-state index contributed by atoms with van der Waals surface area (Å²) in [6.07, 6.45) is 3.25. The smallest absolute Gasteiger partial charge is 0.257 e. The SMILES string of the molecule is CC(Nc1cncc(C(=O)Nc2ccc3c(c2)OCO3)c1)c1ccccc1. The molecule has 0 radical (unpaired) electrons. The lowest BCUT2D eigenvalue weighted by molar-refractivity contribution is 0.102. The van der Waals surface area contributed by atoms with Gasteiger partial charge in [0.15, 0.2) is 11.5 Å². The molecule has 1 aromatic heterocycles. The molecular formula is C21H19N3O3. The first-order chi connectivity index (χ1) is 13.2. The number of nitrogens with zero attached hydrogens (tertiary/aromatic N) is 1. The minimum atomic E-state index is -0.239. The van der Waals surface area contributed by atoms with E-state index in [1.54, 1.807) is 36.7 Å². The number of nitrogens with one attached hydrogen (secondary N) is 2. The zero-order valence-electron chi connectivity index (χ0n) is 14.8. The number of hydrogen-bond acceptors (Lipinski definition) is 5. The average Bonchev–Trinajstić information content (AvgIpc) is 3.16. The summed E-state index contributed by atoms with van der Waals surface area (Å²) >= 11 is 0. The second-order valence-corrected chi connectivity index (χ2v) is 6.26. The van der Waals surface area contributed by atoms with Crippen LogP contribution in [0.4, 0.5) is 11.4 Å². The highest BCUT2D eigenvalue weighted by Gasteiger charge is 2.15. The molecule has 1 amide bonds. The van der Waals surface area contributed by atoms with E-state index in [0.29, 0.717) is 22.7 Å². The van der Waals surface area contributed by atoms with Gasteiger partial charge in [-0.25, -0.2) is 0 Å². The van der Waals surface area contributed by atoms with E-state index in [1.165, 1.54) is 0 Å². The quantitative estimate of drug-likeness (QED) is 0.711. The van der Waals surface area contributed by atoms with Crippen LogP contribution in [0.15, 0.2) is 67.0 Å². The molecule has 2 heterocycles. The molecular weight excluding hydrogens is 342 g/mol. The van der Waals surface area contributed by atoms with E-state index in [-0.39, 0.29) is 18.7 Å². The molecule has 6 nitrogen and oxygen atoms in total. The van der Waals surface area contributed by atoms with Gasteiger partial charge >= 0.3 is 0 Å². The van der Waals surface area contributed by atoms with Crippen LogP contribution in [-0.2, 0) is 0 Å². The Balaban J connectivity index is 1.46. The van der Waals surface area contributed by atoms with Crippen LogP contribution in [0.3, 0.4) is 0 Å². The number of pyridine rings is 1. The third-order valence-electron chi connectivity index (χ3n) is 4.31. The standard InChI is InChI=1S/C21H19N3O3/c1-14(15-5-3-2-4-6-15)23-18-9-16(11-22-12-18)21(25)24-17-7-8-19-20(10-17)27-13-26-19/h2-12,14,23H,13H2,1H3,(H,24,25). The second kappa shape index (κ2) is 7.37. The molecule has 0 bridgehead atoms. The number of fused-ring (bicyclic) bond motifs is 1. The number of carbonyl (C=O) groups is 1. The van der Waals surface area contributed by atoms with Gasteiger partial charge in [-0.05, 0) is 30.7 Å². The number of amides is 1. The monoisotopic (exact) mass is 361 g/mol. The van der Waals surface area contributed by atoms with Gasteiger partial charge in [-0.3, -0.25) is 9.78 Å². The number of carbonyl (C=O) groups excluding carboxylic acids is 1. The minimum Gasteiger partial charge on any atom is -0.454 e. The topological polar surface area (TPSA) is 72.5 Å². The molecule has 0 saturated heterocycles. The fourth-order valence-electron chi connectivity index (χ4n) is 2.90. The van der Waals surface area contributed by atoms with Crippen molar-refractivity contribution in [3.05, 3.63) is 78.1 Å². The summed E-state index contributed by atoms with van der Waals surface area (Å²) in [6, 6.07) is 17.3. The lowest BCUT2D eigenvalue weighted by Gasteiger charge is -2.16. The summed E-state index contributed by atoms with van der Waals surface area (Å²) in [4.78, 5) is 16.8. The Morgan fingerprint density at radius 2 is 1.81 bits per heavy atom. The van der Waals surface area contributed by atoms with Crippen LogP contribution in [0.25, 0.3) is 0 Å². The lowest BCUT2D eigenvalue weighted by Crippen LogP contribution is -2.13. The van der Waals surface area contributed by atoms with Crippen molar-refractivity contribution in [1.82, 2.24) is 4.98 Å². The van der Waals surface area contributed by atoms with Gasteiger partial charge in [0.1, 0.15) is 0 Å². The predicted molar refractivity (Wildman–Crippen MR) is 103 cm³/mol. The summed E-state index contributed by atoms with van der Waals surface area (Å²) < 4.78 is 10.6. The zero-order valence-corrected chi connectivity index (χ0v) is 14.8. The second-order valence-electron chi connectivity index (χ2n) is 6.26. The number of ether oxygens (including phenoxy) is 2. The molecule has 27 heavy (non-hydrogen) atoms. The number of anilines is 2. The Bertz CT molecular complexity index is 960. The molecule has 2 N–H and O–H groups in total. The van der Waals surface area contributed by atoms with Crippen molar-refractivity contribution in [3.8, 4) is 11.5 Å². The molecule has 1 atom stereocenters. The van der Waals surface area contributed by atoms with E-state index in [0.717, 1.165) is 11.3 Å². The first-order valence-electron chi connectivity index (χ1n) is 8.66. The number of rotatable bonds is 5. The van der Waals surface area contributed by atoms with Crippen molar-refractivity contribution in [1.29, 1.82) is 0 Å². The highest BCUT2D eigenvalue weighted by Crippen LogP contribution is 2.34. The van der Waals surface area contributed by atoms with Crippen LogP contribution in [0.5, 0.6) is 11.5 Å². The molecule has 1 aliphatic heterocycles. The van der Waals surface area contributed by atoms with Gasteiger partial charge in [0.2, 0.25) is 6.79 Å². The Kier molecular flexibility index (Phi) is 4.61. The molecule has 3 aromatic rings. The van der Waals surface area contributed by atoms with Gasteiger partial charge < -0.3 is 20.1 Å². The number of hydrogen-bond donors (Lipinski definition) is 2. The third kappa shape index (κ3) is 3.84. The molecule has 136 valence electrons. The van der Waals surface area contributed by atoms with Crippen LogP contribution in [0.2, 0.25) is 0 Å². The van der Waals surface area contributed by atoms with Crippen LogP contribution in [-0.4, -0.2) is 17.7 Å². The molecule has 1 aliphatic rings. The van der Waals surface area contributed by atoms with Crippen molar-refractivity contribution in [2.45, 2.75) is 13.0 Å². The van der Waals surface area contributed by atoms with Gasteiger partial charge in [-0.1, -0.05) is 30.3 Å². The minimum absolute atomic E-state index is 0.0974. The first-order valence-corrected chi connectivity index (χ1v) is 8.66. The van der Waals surface area contributed by atoms with Gasteiger partial charge in [0.05, 0.1) is 11.3 Å². The summed E-state index contributed by atoms with van der Waals surface area (Å²) in [5.74, 6) is 1.06. The average molecular weight is 361 g/mol. The fourth-order valence-corrected chi connectivity index (χ4v) is 2.90. The molecule has 0 fully saturated rings. The first kappa shape index (κ1) is 16.9. The highest BCUT2D eigenvalue weighted by molar-refractivity contribution is 6.04. The zero-order chi connectivity index (χ0) is 18.6. The van der Waals surface area contributed by atoms with E-state index in [9.17, 15) is 4.79 Å². The summed E-state index contributed by atoms with van der Waals surface area (Å²) in [6.45, 7) is 2.26. The van der Waals surface area contributed by atoms with Crippen LogP contribution >= 0.6 is 0 Å². The molecule has 4 rings (SSSR count). The fraction of sp³-hybridized carbons (Fsp3) is 0.143. The number of benzene rings is 2. The Labute approximate surface area is 157 Å². The Hall–Kier alpha value is -3.54. The summed E-state index contributed by atoms with van der Waals surface area (Å²) in [5.41, 5.74) is 3.05. The van der Waals surface area contributed by atoms with Gasteiger partial charge in [-0.15, -0.1) is 0 Å². The normalized spacial score (nSPS) is 13.1. The third-order valence-corrected chi connectivity index (χ3v) is 4.31. The van der Waals surface area contributed by atoms with E-state index < -0.39 is 0 Å².